The van der Waals surface area contributed by atoms with Crippen molar-refractivity contribution >= 4 is 0 Å². The molecule has 0 heterocycles. The Labute approximate surface area is 99.9 Å². The number of halogens is 2. The molecular formula is C13H18F2O2. The Balaban J connectivity index is 2.77. The number of hydrogen-bond acceptors (Lipinski definition) is 2. The van der Waals surface area contributed by atoms with Crippen LogP contribution in [0, 0.1) is 17.0 Å². The number of aliphatic hydroxyl groups is 2. The molecule has 0 saturated carbocycles. The molecule has 2 atom stereocenters. The summed E-state index contributed by atoms with van der Waals surface area (Å²) in [6, 6.07) is 3.08. The lowest BCUT2D eigenvalue weighted by molar-refractivity contribution is -0.0434. The average molecular weight is 244 g/mol. The first-order chi connectivity index (χ1) is 7.70. The zero-order valence-electron chi connectivity index (χ0n) is 10.2. The van der Waals surface area contributed by atoms with Crippen molar-refractivity contribution in [1.82, 2.24) is 0 Å². The largest absolute Gasteiger partial charge is 0.390 e. The molecule has 4 heteroatoms. The van der Waals surface area contributed by atoms with E-state index in [1.807, 2.05) is 0 Å². The van der Waals surface area contributed by atoms with E-state index in [4.69, 9.17) is 0 Å². The van der Waals surface area contributed by atoms with Crippen LogP contribution < -0.4 is 0 Å². The Kier molecular flexibility index (Phi) is 4.22. The van der Waals surface area contributed by atoms with E-state index < -0.39 is 29.3 Å². The van der Waals surface area contributed by atoms with E-state index in [-0.39, 0.29) is 6.42 Å². The lowest BCUT2D eigenvalue weighted by atomic mass is 9.84. The first-order valence-electron chi connectivity index (χ1n) is 5.51. The highest BCUT2D eigenvalue weighted by atomic mass is 19.1. The van der Waals surface area contributed by atoms with E-state index in [1.54, 1.807) is 20.8 Å². The molecule has 96 valence electrons. The van der Waals surface area contributed by atoms with Crippen LogP contribution in [0.3, 0.4) is 0 Å². The Bertz CT molecular complexity index is 365. The van der Waals surface area contributed by atoms with Crippen LogP contribution in [0.15, 0.2) is 18.2 Å². The second-order valence-electron chi connectivity index (χ2n) is 5.36. The molecule has 17 heavy (non-hydrogen) atoms. The molecule has 0 aliphatic heterocycles. The molecule has 1 rings (SSSR count). The second kappa shape index (κ2) is 5.10. The summed E-state index contributed by atoms with van der Waals surface area (Å²) in [5, 5.41) is 19.6. The number of rotatable bonds is 3. The van der Waals surface area contributed by atoms with E-state index in [0.717, 1.165) is 18.2 Å². The smallest absolute Gasteiger partial charge is 0.126 e. The van der Waals surface area contributed by atoms with Gasteiger partial charge in [0.2, 0.25) is 0 Å². The van der Waals surface area contributed by atoms with Crippen molar-refractivity contribution in [3.63, 3.8) is 0 Å². The molecule has 1 aromatic carbocycles. The fourth-order valence-corrected chi connectivity index (χ4v) is 1.66. The summed E-state index contributed by atoms with van der Waals surface area (Å²) in [5.41, 5.74) is -0.149. The fraction of sp³-hybridized carbons (Fsp3) is 0.538. The van der Waals surface area contributed by atoms with Crippen molar-refractivity contribution in [1.29, 1.82) is 0 Å². The van der Waals surface area contributed by atoms with Crippen molar-refractivity contribution in [2.75, 3.05) is 0 Å². The molecule has 2 nitrogen and oxygen atoms in total. The molecule has 0 spiro atoms. The number of aliphatic hydroxyl groups excluding tert-OH is 2. The maximum atomic E-state index is 12.9. The molecule has 1 aromatic rings. The summed E-state index contributed by atoms with van der Waals surface area (Å²) in [6.45, 7) is 5.35. The van der Waals surface area contributed by atoms with Gasteiger partial charge in [0.05, 0.1) is 12.2 Å². The minimum absolute atomic E-state index is 0.0209. The van der Waals surface area contributed by atoms with Crippen LogP contribution >= 0.6 is 0 Å². The van der Waals surface area contributed by atoms with E-state index in [9.17, 15) is 19.0 Å². The predicted molar refractivity (Wildman–Crippen MR) is 61.5 cm³/mol. The van der Waals surface area contributed by atoms with Crippen molar-refractivity contribution in [3.05, 3.63) is 35.4 Å². The number of hydrogen-bond donors (Lipinski definition) is 2. The minimum Gasteiger partial charge on any atom is -0.390 e. The van der Waals surface area contributed by atoms with Gasteiger partial charge in [-0.2, -0.15) is 0 Å². The van der Waals surface area contributed by atoms with Crippen LogP contribution in [0.1, 0.15) is 26.3 Å². The third-order valence-corrected chi connectivity index (χ3v) is 2.62. The standard InChI is InChI=1S/C13H18F2O2/c1-13(2,3)12(17)11(16)6-8-4-9(14)7-10(15)5-8/h4-5,7,11-12,16-17H,6H2,1-3H3. The van der Waals surface area contributed by atoms with Crippen LogP contribution in [-0.2, 0) is 6.42 Å². The molecular weight excluding hydrogens is 226 g/mol. The van der Waals surface area contributed by atoms with Gasteiger partial charge in [0.1, 0.15) is 11.6 Å². The predicted octanol–water partition coefficient (Wildman–Crippen LogP) is 2.28. The van der Waals surface area contributed by atoms with E-state index >= 15 is 0 Å². The first-order valence-corrected chi connectivity index (χ1v) is 5.51. The monoisotopic (exact) mass is 244 g/mol. The topological polar surface area (TPSA) is 40.5 Å². The van der Waals surface area contributed by atoms with Gasteiger partial charge in [-0.15, -0.1) is 0 Å². The molecule has 0 radical (unpaired) electrons. The molecule has 0 aliphatic carbocycles. The Morgan fingerprint density at radius 2 is 1.53 bits per heavy atom. The Hall–Kier alpha value is -1.00. The van der Waals surface area contributed by atoms with Gasteiger partial charge in [0, 0.05) is 12.5 Å². The zero-order chi connectivity index (χ0) is 13.2. The summed E-state index contributed by atoms with van der Waals surface area (Å²) in [7, 11) is 0. The third kappa shape index (κ3) is 4.06. The van der Waals surface area contributed by atoms with Gasteiger partial charge in [0.25, 0.3) is 0 Å². The van der Waals surface area contributed by atoms with Crippen LogP contribution in [0.4, 0.5) is 8.78 Å². The van der Waals surface area contributed by atoms with Gasteiger partial charge >= 0.3 is 0 Å². The molecule has 0 bridgehead atoms. The van der Waals surface area contributed by atoms with Crippen molar-refractivity contribution in [2.24, 2.45) is 5.41 Å². The Morgan fingerprint density at radius 1 is 1.06 bits per heavy atom. The quantitative estimate of drug-likeness (QED) is 0.856. The highest BCUT2D eigenvalue weighted by Gasteiger charge is 2.29. The lowest BCUT2D eigenvalue weighted by Crippen LogP contribution is -2.38. The summed E-state index contributed by atoms with van der Waals surface area (Å²) in [6.07, 6.45) is -1.97. The molecule has 2 N–H and O–H groups in total. The summed E-state index contributed by atoms with van der Waals surface area (Å²) in [4.78, 5) is 0. The van der Waals surface area contributed by atoms with Crippen molar-refractivity contribution in [2.45, 2.75) is 39.4 Å². The molecule has 0 saturated heterocycles. The average Bonchev–Trinajstić information content (AvgIpc) is 2.13. The highest BCUT2D eigenvalue weighted by Crippen LogP contribution is 2.23. The Morgan fingerprint density at radius 3 is 1.94 bits per heavy atom. The lowest BCUT2D eigenvalue weighted by Gasteiger charge is -2.30. The van der Waals surface area contributed by atoms with Gasteiger partial charge in [0.15, 0.2) is 0 Å². The van der Waals surface area contributed by atoms with E-state index in [2.05, 4.69) is 0 Å². The zero-order valence-corrected chi connectivity index (χ0v) is 10.2. The van der Waals surface area contributed by atoms with Crippen LogP contribution in [0.5, 0.6) is 0 Å². The summed E-state index contributed by atoms with van der Waals surface area (Å²) in [5.74, 6) is -1.37. The van der Waals surface area contributed by atoms with Crippen LogP contribution in [0.25, 0.3) is 0 Å². The van der Waals surface area contributed by atoms with Crippen molar-refractivity contribution in [3.8, 4) is 0 Å². The maximum absolute atomic E-state index is 12.9. The number of benzene rings is 1. The second-order valence-corrected chi connectivity index (χ2v) is 5.36. The molecule has 0 aromatic heterocycles. The third-order valence-electron chi connectivity index (χ3n) is 2.62. The highest BCUT2D eigenvalue weighted by molar-refractivity contribution is 5.19. The normalized spacial score (nSPS) is 15.7. The SMILES string of the molecule is CC(C)(C)C(O)C(O)Cc1cc(F)cc(F)c1. The van der Waals surface area contributed by atoms with Gasteiger partial charge < -0.3 is 10.2 Å². The summed E-state index contributed by atoms with van der Waals surface area (Å²) < 4.78 is 25.9. The molecule has 0 amide bonds. The van der Waals surface area contributed by atoms with Gasteiger partial charge in [-0.25, -0.2) is 8.78 Å². The molecule has 0 fully saturated rings. The minimum atomic E-state index is -1.05. The maximum Gasteiger partial charge on any atom is 0.126 e. The van der Waals surface area contributed by atoms with E-state index in [1.165, 1.54) is 0 Å². The van der Waals surface area contributed by atoms with E-state index in [0.29, 0.717) is 5.56 Å². The van der Waals surface area contributed by atoms with Gasteiger partial charge in [-0.3, -0.25) is 0 Å². The van der Waals surface area contributed by atoms with Gasteiger partial charge in [-0.05, 0) is 23.1 Å². The molecule has 2 unspecified atom stereocenters. The summed E-state index contributed by atoms with van der Waals surface area (Å²) >= 11 is 0. The van der Waals surface area contributed by atoms with Crippen LogP contribution in [0.2, 0.25) is 0 Å². The molecule has 0 aliphatic rings. The first kappa shape index (κ1) is 14.1. The fourth-order valence-electron chi connectivity index (χ4n) is 1.66. The van der Waals surface area contributed by atoms with Crippen LogP contribution in [-0.4, -0.2) is 22.4 Å². The van der Waals surface area contributed by atoms with Crippen molar-refractivity contribution < 1.29 is 19.0 Å². The van der Waals surface area contributed by atoms with Gasteiger partial charge in [-0.1, -0.05) is 20.8 Å².